The van der Waals surface area contributed by atoms with Gasteiger partial charge in [0, 0.05) is 23.5 Å². The van der Waals surface area contributed by atoms with Gasteiger partial charge in [-0.1, -0.05) is 34.4 Å². The van der Waals surface area contributed by atoms with Gasteiger partial charge in [0.25, 0.3) is 0 Å². The molecule has 1 heterocycles. The highest BCUT2D eigenvalue weighted by molar-refractivity contribution is 5.78. The van der Waals surface area contributed by atoms with E-state index in [9.17, 15) is 0 Å². The Morgan fingerprint density at radius 3 is 1.14 bits per heavy atom. The molecule has 110 valence electrons. The molecule has 0 unspecified atom stereocenters. The third-order valence-corrected chi connectivity index (χ3v) is 3.69. The second-order valence-electron chi connectivity index (χ2n) is 6.01. The Labute approximate surface area is 131 Å². The van der Waals surface area contributed by atoms with Crippen LogP contribution in [0.1, 0.15) is 22.3 Å². The van der Waals surface area contributed by atoms with Crippen LogP contribution < -0.4 is 0 Å². The molecule has 0 saturated carbocycles. The van der Waals surface area contributed by atoms with Crippen LogP contribution in [0.4, 0.5) is 0 Å². The van der Waals surface area contributed by atoms with E-state index in [1.165, 1.54) is 22.3 Å². The van der Waals surface area contributed by atoms with Crippen LogP contribution in [0.25, 0.3) is 22.5 Å². The van der Waals surface area contributed by atoms with Crippen molar-refractivity contribution in [1.29, 1.82) is 0 Å². The van der Waals surface area contributed by atoms with Gasteiger partial charge in [0.15, 0.2) is 0 Å². The molecule has 0 fully saturated rings. The quantitative estimate of drug-likeness (QED) is 0.660. The predicted molar refractivity (Wildman–Crippen MR) is 91.9 cm³/mol. The Bertz CT molecular complexity index is 724. The van der Waals surface area contributed by atoms with Gasteiger partial charge in [0.05, 0.1) is 11.4 Å². The summed E-state index contributed by atoms with van der Waals surface area (Å²) in [6.45, 7) is 8.46. The summed E-state index contributed by atoms with van der Waals surface area (Å²) in [7, 11) is 0. The second-order valence-corrected chi connectivity index (χ2v) is 6.01. The van der Waals surface area contributed by atoms with E-state index in [-0.39, 0.29) is 0 Å². The van der Waals surface area contributed by atoms with Gasteiger partial charge in [-0.25, -0.2) is 0 Å². The number of aromatic nitrogens is 2. The largest absolute Gasteiger partial charge is 0.252 e. The summed E-state index contributed by atoms with van der Waals surface area (Å²) in [5, 5.41) is 0. The van der Waals surface area contributed by atoms with Crippen LogP contribution in [0.2, 0.25) is 0 Å². The molecule has 2 heteroatoms. The maximum absolute atomic E-state index is 4.60. The van der Waals surface area contributed by atoms with Gasteiger partial charge in [-0.2, -0.15) is 0 Å². The van der Waals surface area contributed by atoms with Gasteiger partial charge in [0.1, 0.15) is 0 Å². The summed E-state index contributed by atoms with van der Waals surface area (Å²) in [6.07, 6.45) is 3.53. The van der Waals surface area contributed by atoms with Crippen molar-refractivity contribution >= 4 is 0 Å². The molecule has 2 aromatic carbocycles. The van der Waals surface area contributed by atoms with Crippen molar-refractivity contribution in [2.75, 3.05) is 0 Å². The molecule has 3 aromatic rings. The van der Waals surface area contributed by atoms with Gasteiger partial charge < -0.3 is 0 Å². The molecule has 1 aromatic heterocycles. The van der Waals surface area contributed by atoms with E-state index in [0.29, 0.717) is 0 Å². The Hall–Kier alpha value is -2.48. The van der Waals surface area contributed by atoms with Crippen molar-refractivity contribution in [3.63, 3.8) is 0 Å². The summed E-state index contributed by atoms with van der Waals surface area (Å²) in [5.74, 6) is 0. The molecule has 22 heavy (non-hydrogen) atoms. The number of benzene rings is 2. The zero-order valence-corrected chi connectivity index (χ0v) is 13.5. The first-order valence-corrected chi connectivity index (χ1v) is 7.51. The average Bonchev–Trinajstić information content (AvgIpc) is 2.45. The maximum atomic E-state index is 4.60. The van der Waals surface area contributed by atoms with Crippen molar-refractivity contribution < 1.29 is 0 Å². The average molecular weight is 288 g/mol. The molecule has 3 rings (SSSR count). The Balaban J connectivity index is 2.22. The van der Waals surface area contributed by atoms with Crippen LogP contribution in [0.3, 0.4) is 0 Å². The van der Waals surface area contributed by atoms with E-state index in [1.54, 1.807) is 12.4 Å². The summed E-state index contributed by atoms with van der Waals surface area (Å²) < 4.78 is 0. The van der Waals surface area contributed by atoms with Gasteiger partial charge in [-0.05, 0) is 52.0 Å². The maximum Gasteiger partial charge on any atom is 0.0965 e. The number of hydrogen-bond acceptors (Lipinski definition) is 2. The molecular weight excluding hydrogens is 268 g/mol. The monoisotopic (exact) mass is 288 g/mol. The lowest BCUT2D eigenvalue weighted by molar-refractivity contribution is 1.20. The van der Waals surface area contributed by atoms with Gasteiger partial charge in [-0.15, -0.1) is 0 Å². The fourth-order valence-electron chi connectivity index (χ4n) is 2.98. The fourth-order valence-corrected chi connectivity index (χ4v) is 2.98. The number of aryl methyl sites for hydroxylation is 4. The molecule has 0 atom stereocenters. The van der Waals surface area contributed by atoms with Crippen LogP contribution in [0.15, 0.2) is 48.8 Å². The van der Waals surface area contributed by atoms with Crippen molar-refractivity contribution in [3.05, 3.63) is 71.0 Å². The second kappa shape index (κ2) is 5.72. The van der Waals surface area contributed by atoms with Crippen LogP contribution in [0.5, 0.6) is 0 Å². The molecule has 0 saturated heterocycles. The van der Waals surface area contributed by atoms with E-state index in [2.05, 4.69) is 74.1 Å². The Kier molecular flexibility index (Phi) is 3.76. The molecular formula is C20H20N2. The van der Waals surface area contributed by atoms with Crippen LogP contribution >= 0.6 is 0 Å². The number of hydrogen-bond donors (Lipinski definition) is 0. The van der Waals surface area contributed by atoms with Gasteiger partial charge in [0.2, 0.25) is 0 Å². The molecule has 0 radical (unpaired) electrons. The minimum atomic E-state index is 0.944. The highest BCUT2D eigenvalue weighted by Gasteiger charge is 2.11. The van der Waals surface area contributed by atoms with Gasteiger partial charge in [-0.3, -0.25) is 9.97 Å². The summed E-state index contributed by atoms with van der Waals surface area (Å²) in [5.41, 5.74) is 9.11. The standard InChI is InChI=1S/C20H20N2/c1-13-7-14(2)10-17(9-13)19-20(22-6-5-21-19)18-11-15(3)8-16(4)12-18/h5-12H,1-4H3. The molecule has 0 amide bonds. The fraction of sp³-hybridized carbons (Fsp3) is 0.200. The molecule has 0 aliphatic rings. The summed E-state index contributed by atoms with van der Waals surface area (Å²) in [4.78, 5) is 9.21. The topological polar surface area (TPSA) is 25.8 Å². The minimum Gasteiger partial charge on any atom is -0.252 e. The van der Waals surface area contributed by atoms with E-state index in [4.69, 9.17) is 0 Å². The highest BCUT2D eigenvalue weighted by atomic mass is 14.8. The van der Waals surface area contributed by atoms with E-state index >= 15 is 0 Å². The van der Waals surface area contributed by atoms with Gasteiger partial charge >= 0.3 is 0 Å². The third-order valence-electron chi connectivity index (χ3n) is 3.69. The number of nitrogens with zero attached hydrogens (tertiary/aromatic N) is 2. The first-order valence-electron chi connectivity index (χ1n) is 7.51. The summed E-state index contributed by atoms with van der Waals surface area (Å²) in [6, 6.07) is 13.0. The van der Waals surface area contributed by atoms with E-state index in [0.717, 1.165) is 22.5 Å². The van der Waals surface area contributed by atoms with Crippen molar-refractivity contribution in [2.24, 2.45) is 0 Å². The normalized spacial score (nSPS) is 10.7. The lowest BCUT2D eigenvalue weighted by Gasteiger charge is -2.11. The highest BCUT2D eigenvalue weighted by Crippen LogP contribution is 2.30. The molecule has 0 spiro atoms. The van der Waals surface area contributed by atoms with Crippen molar-refractivity contribution in [1.82, 2.24) is 9.97 Å². The Morgan fingerprint density at radius 1 is 0.500 bits per heavy atom. The first kappa shape index (κ1) is 14.5. The van der Waals surface area contributed by atoms with E-state index in [1.807, 2.05) is 0 Å². The third kappa shape index (κ3) is 2.91. The molecule has 0 aliphatic carbocycles. The SMILES string of the molecule is Cc1cc(C)cc(-c2nccnc2-c2cc(C)cc(C)c2)c1. The van der Waals surface area contributed by atoms with Crippen LogP contribution in [0, 0.1) is 27.7 Å². The Morgan fingerprint density at radius 2 is 0.818 bits per heavy atom. The molecule has 0 bridgehead atoms. The minimum absolute atomic E-state index is 0.944. The molecule has 0 N–H and O–H groups in total. The predicted octanol–water partition coefficient (Wildman–Crippen LogP) is 5.04. The molecule has 2 nitrogen and oxygen atoms in total. The summed E-state index contributed by atoms with van der Waals surface area (Å²) >= 11 is 0. The zero-order chi connectivity index (χ0) is 15.7. The van der Waals surface area contributed by atoms with Crippen LogP contribution in [-0.2, 0) is 0 Å². The smallest absolute Gasteiger partial charge is 0.0965 e. The van der Waals surface area contributed by atoms with Crippen molar-refractivity contribution in [3.8, 4) is 22.5 Å². The van der Waals surface area contributed by atoms with Crippen molar-refractivity contribution in [2.45, 2.75) is 27.7 Å². The lowest BCUT2D eigenvalue weighted by atomic mass is 9.98. The molecule has 0 aliphatic heterocycles. The zero-order valence-electron chi connectivity index (χ0n) is 13.5. The number of rotatable bonds is 2. The first-order chi connectivity index (χ1) is 10.5. The van der Waals surface area contributed by atoms with E-state index < -0.39 is 0 Å². The van der Waals surface area contributed by atoms with Crippen LogP contribution in [-0.4, -0.2) is 9.97 Å². The lowest BCUT2D eigenvalue weighted by Crippen LogP contribution is -1.94.